The second kappa shape index (κ2) is 2.07. The summed E-state index contributed by atoms with van der Waals surface area (Å²) in [4.78, 5) is 0.00926. The number of rotatable bonds is 0. The van der Waals surface area contributed by atoms with Crippen LogP contribution in [0.2, 0.25) is 0 Å². The van der Waals surface area contributed by atoms with E-state index in [1.165, 1.54) is 12.1 Å². The molecule has 0 N–H and O–H groups in total. The van der Waals surface area contributed by atoms with Gasteiger partial charge in [-0.3, -0.25) is 0 Å². The molecule has 0 unspecified atom stereocenters. The first-order chi connectivity index (χ1) is 5.61. The lowest BCUT2D eigenvalue weighted by atomic mass is 10.2. The van der Waals surface area contributed by atoms with Crippen molar-refractivity contribution in [1.82, 2.24) is 0 Å². The number of hydrogen-bond donors (Lipinski definition) is 0. The van der Waals surface area contributed by atoms with Crippen molar-refractivity contribution in [2.24, 2.45) is 4.40 Å². The maximum absolute atomic E-state index is 11.1. The predicted octanol–water partition coefficient (Wildman–Crippen LogP) is -0.504. The third kappa shape index (κ3) is 0.831. The van der Waals surface area contributed by atoms with Crippen LogP contribution in [0.15, 0.2) is 33.6 Å². The zero-order valence-electron chi connectivity index (χ0n) is 5.89. The van der Waals surface area contributed by atoms with Crippen LogP contribution < -0.4 is 5.11 Å². The van der Waals surface area contributed by atoms with Gasteiger partial charge in [0.2, 0.25) is 0 Å². The molecule has 1 aliphatic rings. The first-order valence-electron chi connectivity index (χ1n) is 3.23. The van der Waals surface area contributed by atoms with Crippen molar-refractivity contribution in [3.8, 4) is 0 Å². The third-order valence-corrected chi connectivity index (χ3v) is 2.92. The molecule has 0 radical (unpaired) electrons. The summed E-state index contributed by atoms with van der Waals surface area (Å²) < 4.78 is 25.2. The van der Waals surface area contributed by atoms with Crippen molar-refractivity contribution in [3.05, 3.63) is 29.8 Å². The van der Waals surface area contributed by atoms with Crippen molar-refractivity contribution in [1.29, 1.82) is 0 Å². The smallest absolute Gasteiger partial charge is 0.282 e. The molecule has 0 saturated carbocycles. The maximum atomic E-state index is 11.1. The Kier molecular flexibility index (Phi) is 1.26. The molecular formula is C7H4NO3S-. The number of sulfonamides is 1. The lowest BCUT2D eigenvalue weighted by Gasteiger charge is -2.01. The molecule has 0 saturated heterocycles. The van der Waals surface area contributed by atoms with Crippen LogP contribution in [0.3, 0.4) is 0 Å². The monoisotopic (exact) mass is 182 g/mol. The Balaban J connectivity index is 2.86. The van der Waals surface area contributed by atoms with Gasteiger partial charge in [-0.1, -0.05) is 18.2 Å². The van der Waals surface area contributed by atoms with Crippen molar-refractivity contribution >= 4 is 15.9 Å². The molecule has 12 heavy (non-hydrogen) atoms. The van der Waals surface area contributed by atoms with Crippen LogP contribution in [-0.4, -0.2) is 14.3 Å². The summed E-state index contributed by atoms with van der Waals surface area (Å²) in [7, 11) is -3.68. The van der Waals surface area contributed by atoms with Crippen LogP contribution in [0.25, 0.3) is 0 Å². The van der Waals surface area contributed by atoms with E-state index < -0.39 is 15.9 Å². The number of benzene rings is 1. The molecule has 62 valence electrons. The first kappa shape index (κ1) is 7.30. The van der Waals surface area contributed by atoms with E-state index in [2.05, 4.69) is 4.40 Å². The van der Waals surface area contributed by atoms with Gasteiger partial charge in [0.1, 0.15) is 0 Å². The number of nitrogens with zero attached hydrogens (tertiary/aromatic N) is 1. The quantitative estimate of drug-likeness (QED) is 0.543. The highest BCUT2D eigenvalue weighted by Gasteiger charge is 2.22. The molecule has 1 heterocycles. The van der Waals surface area contributed by atoms with Gasteiger partial charge in [0.15, 0.2) is 0 Å². The number of hydrogen-bond acceptors (Lipinski definition) is 3. The molecule has 0 aliphatic carbocycles. The Morgan fingerprint density at radius 2 is 1.92 bits per heavy atom. The van der Waals surface area contributed by atoms with Crippen LogP contribution in [0.5, 0.6) is 0 Å². The van der Waals surface area contributed by atoms with Crippen molar-refractivity contribution < 1.29 is 13.5 Å². The van der Waals surface area contributed by atoms with E-state index in [-0.39, 0.29) is 10.5 Å². The van der Waals surface area contributed by atoms with E-state index in [1.807, 2.05) is 0 Å². The summed E-state index contributed by atoms with van der Waals surface area (Å²) >= 11 is 0. The van der Waals surface area contributed by atoms with Crippen molar-refractivity contribution in [2.75, 3.05) is 0 Å². The molecule has 1 aliphatic heterocycles. The molecule has 5 heteroatoms. The van der Waals surface area contributed by atoms with E-state index >= 15 is 0 Å². The van der Waals surface area contributed by atoms with Crippen LogP contribution in [0.1, 0.15) is 5.56 Å². The minimum atomic E-state index is -3.68. The number of fused-ring (bicyclic) bond motifs is 1. The van der Waals surface area contributed by atoms with E-state index in [9.17, 15) is 13.5 Å². The Bertz CT molecular complexity index is 461. The van der Waals surface area contributed by atoms with Gasteiger partial charge in [0.25, 0.3) is 10.0 Å². The molecule has 4 nitrogen and oxygen atoms in total. The first-order valence-corrected chi connectivity index (χ1v) is 4.67. The van der Waals surface area contributed by atoms with E-state index in [0.29, 0.717) is 0 Å². The Labute approximate surface area is 69.2 Å². The minimum absolute atomic E-state index is 0.00926. The third-order valence-electron chi connectivity index (χ3n) is 1.60. The van der Waals surface area contributed by atoms with Gasteiger partial charge in [-0.25, -0.2) is 0 Å². The summed E-state index contributed by atoms with van der Waals surface area (Å²) in [5, 5.41) is 10.9. The molecule has 1 aromatic carbocycles. The predicted molar refractivity (Wildman–Crippen MR) is 40.2 cm³/mol. The van der Waals surface area contributed by atoms with E-state index in [4.69, 9.17) is 0 Å². The second-order valence-electron chi connectivity index (χ2n) is 2.37. The topological polar surface area (TPSA) is 69.6 Å². The standard InChI is InChI=1S/C7H5NO3S/c9-7-5-3-1-2-4-6(5)12(10,11)8-7/h1-4H,(H,8,9)/p-1. The van der Waals surface area contributed by atoms with Gasteiger partial charge < -0.3 is 5.11 Å². The highest BCUT2D eigenvalue weighted by atomic mass is 32.2. The molecular weight excluding hydrogens is 178 g/mol. The minimum Gasteiger partial charge on any atom is -0.858 e. The molecule has 0 atom stereocenters. The zero-order valence-corrected chi connectivity index (χ0v) is 6.71. The highest BCUT2D eigenvalue weighted by Crippen LogP contribution is 2.23. The van der Waals surface area contributed by atoms with E-state index in [0.717, 1.165) is 0 Å². The molecule has 0 amide bonds. The second-order valence-corrected chi connectivity index (χ2v) is 3.94. The summed E-state index contributed by atoms with van der Waals surface area (Å²) in [6.45, 7) is 0. The Morgan fingerprint density at radius 3 is 2.58 bits per heavy atom. The van der Waals surface area contributed by atoms with Gasteiger partial charge in [0, 0.05) is 11.5 Å². The van der Waals surface area contributed by atoms with E-state index in [1.54, 1.807) is 12.1 Å². The summed E-state index contributed by atoms with van der Waals surface area (Å²) in [6, 6.07) is 5.99. The fraction of sp³-hybridized carbons (Fsp3) is 0. The molecule has 0 bridgehead atoms. The molecule has 0 fully saturated rings. The van der Waals surface area contributed by atoms with Crippen LogP contribution >= 0.6 is 0 Å². The zero-order chi connectivity index (χ0) is 8.77. The summed E-state index contributed by atoms with van der Waals surface area (Å²) in [6.07, 6.45) is 0. The van der Waals surface area contributed by atoms with Gasteiger partial charge >= 0.3 is 0 Å². The van der Waals surface area contributed by atoms with Crippen LogP contribution in [-0.2, 0) is 10.0 Å². The Morgan fingerprint density at radius 1 is 1.25 bits per heavy atom. The molecule has 2 rings (SSSR count). The lowest BCUT2D eigenvalue weighted by molar-refractivity contribution is -0.212. The van der Waals surface area contributed by atoms with Gasteiger partial charge in [-0.15, -0.1) is 0 Å². The van der Waals surface area contributed by atoms with Crippen LogP contribution in [0, 0.1) is 0 Å². The SMILES string of the molecule is O=S1(=O)N=C([O-])c2ccccc21. The average molecular weight is 182 g/mol. The van der Waals surface area contributed by atoms with Gasteiger partial charge in [-0.05, 0) is 6.07 Å². The average Bonchev–Trinajstić information content (AvgIpc) is 2.25. The molecule has 1 aromatic rings. The fourth-order valence-corrected chi connectivity index (χ4v) is 2.17. The Hall–Kier alpha value is -1.36. The normalized spacial score (nSPS) is 18.5. The fourth-order valence-electron chi connectivity index (χ4n) is 1.08. The largest absolute Gasteiger partial charge is 0.858 e. The van der Waals surface area contributed by atoms with Crippen LogP contribution in [0.4, 0.5) is 0 Å². The molecule has 0 aromatic heterocycles. The van der Waals surface area contributed by atoms with Gasteiger partial charge in [-0.2, -0.15) is 12.8 Å². The summed E-state index contributed by atoms with van der Waals surface area (Å²) in [5.41, 5.74) is 0.164. The highest BCUT2D eigenvalue weighted by molar-refractivity contribution is 7.90. The molecule has 0 spiro atoms. The maximum Gasteiger partial charge on any atom is 0.282 e. The van der Waals surface area contributed by atoms with Crippen molar-refractivity contribution in [3.63, 3.8) is 0 Å². The van der Waals surface area contributed by atoms with Crippen molar-refractivity contribution in [2.45, 2.75) is 4.90 Å². The lowest BCUT2D eigenvalue weighted by Crippen LogP contribution is -2.15. The summed E-state index contributed by atoms with van der Waals surface area (Å²) in [5.74, 6) is -0.675. The van der Waals surface area contributed by atoms with Gasteiger partial charge in [0.05, 0.1) is 4.90 Å².